The lowest BCUT2D eigenvalue weighted by atomic mass is 10.0. The Morgan fingerprint density at radius 3 is 2.89 bits per heavy atom. The SMILES string of the molecule is CCNC(c1cncc(OCC)c1)c1ccoc1Br. The third-order valence-electron chi connectivity index (χ3n) is 2.74. The van der Waals surface area contributed by atoms with Crippen LogP contribution in [-0.4, -0.2) is 18.1 Å². The minimum Gasteiger partial charge on any atom is -0.492 e. The van der Waals surface area contributed by atoms with Gasteiger partial charge < -0.3 is 14.5 Å². The molecule has 4 nitrogen and oxygen atoms in total. The average Bonchev–Trinajstić information content (AvgIpc) is 2.83. The number of aromatic nitrogens is 1. The molecule has 2 rings (SSSR count). The highest BCUT2D eigenvalue weighted by molar-refractivity contribution is 9.10. The monoisotopic (exact) mass is 324 g/mol. The molecule has 1 unspecified atom stereocenters. The molecule has 0 saturated heterocycles. The van der Waals surface area contributed by atoms with Crippen molar-refractivity contribution in [2.45, 2.75) is 19.9 Å². The van der Waals surface area contributed by atoms with Crippen LogP contribution in [0, 0.1) is 0 Å². The van der Waals surface area contributed by atoms with Gasteiger partial charge in [-0.3, -0.25) is 4.98 Å². The number of nitrogens with zero attached hydrogens (tertiary/aromatic N) is 1. The third kappa shape index (κ3) is 3.36. The van der Waals surface area contributed by atoms with Gasteiger partial charge in [0, 0.05) is 11.8 Å². The lowest BCUT2D eigenvalue weighted by molar-refractivity contribution is 0.338. The zero-order valence-electron chi connectivity index (χ0n) is 11.0. The molecule has 0 radical (unpaired) electrons. The van der Waals surface area contributed by atoms with Crippen LogP contribution < -0.4 is 10.1 Å². The second-order valence-electron chi connectivity index (χ2n) is 4.03. The Hall–Kier alpha value is -1.33. The Balaban J connectivity index is 2.33. The third-order valence-corrected chi connectivity index (χ3v) is 3.39. The first-order valence-corrected chi connectivity index (χ1v) is 7.09. The van der Waals surface area contributed by atoms with Crippen LogP contribution in [0.4, 0.5) is 0 Å². The summed E-state index contributed by atoms with van der Waals surface area (Å²) in [6.07, 6.45) is 5.24. The fraction of sp³-hybridized carbons (Fsp3) is 0.357. The van der Waals surface area contributed by atoms with Gasteiger partial charge in [0.05, 0.1) is 25.1 Å². The quantitative estimate of drug-likeness (QED) is 0.882. The van der Waals surface area contributed by atoms with Crippen LogP contribution in [-0.2, 0) is 0 Å². The number of pyridine rings is 1. The molecule has 0 fully saturated rings. The molecular weight excluding hydrogens is 308 g/mol. The van der Waals surface area contributed by atoms with Crippen molar-refractivity contribution in [2.24, 2.45) is 0 Å². The molecule has 0 aliphatic heterocycles. The van der Waals surface area contributed by atoms with Crippen molar-refractivity contribution < 1.29 is 9.15 Å². The number of furan rings is 1. The van der Waals surface area contributed by atoms with Gasteiger partial charge >= 0.3 is 0 Å². The number of rotatable bonds is 6. The Kier molecular flexibility index (Phi) is 4.99. The molecule has 2 heterocycles. The lowest BCUT2D eigenvalue weighted by Gasteiger charge is -2.17. The minimum absolute atomic E-state index is 0.0334. The maximum atomic E-state index is 5.50. The van der Waals surface area contributed by atoms with E-state index in [-0.39, 0.29) is 6.04 Å². The van der Waals surface area contributed by atoms with E-state index in [0.29, 0.717) is 6.61 Å². The molecule has 0 spiro atoms. The predicted molar refractivity (Wildman–Crippen MR) is 77.3 cm³/mol. The zero-order chi connectivity index (χ0) is 13.7. The summed E-state index contributed by atoms with van der Waals surface area (Å²) in [5.41, 5.74) is 2.10. The normalized spacial score (nSPS) is 12.4. The first-order valence-electron chi connectivity index (χ1n) is 6.30. The van der Waals surface area contributed by atoms with Gasteiger partial charge in [0.2, 0.25) is 0 Å². The summed E-state index contributed by atoms with van der Waals surface area (Å²) in [5.74, 6) is 0.780. The highest BCUT2D eigenvalue weighted by Crippen LogP contribution is 2.30. The van der Waals surface area contributed by atoms with Crippen molar-refractivity contribution in [3.63, 3.8) is 0 Å². The van der Waals surface area contributed by atoms with Crippen molar-refractivity contribution in [1.82, 2.24) is 10.3 Å². The molecule has 2 aromatic rings. The second kappa shape index (κ2) is 6.73. The highest BCUT2D eigenvalue weighted by atomic mass is 79.9. The van der Waals surface area contributed by atoms with Crippen LogP contribution in [0.1, 0.15) is 31.0 Å². The zero-order valence-corrected chi connectivity index (χ0v) is 12.6. The molecule has 19 heavy (non-hydrogen) atoms. The number of hydrogen-bond donors (Lipinski definition) is 1. The first kappa shape index (κ1) is 14.1. The van der Waals surface area contributed by atoms with E-state index in [1.54, 1.807) is 12.5 Å². The van der Waals surface area contributed by atoms with Gasteiger partial charge in [0.1, 0.15) is 5.75 Å². The van der Waals surface area contributed by atoms with Crippen LogP contribution in [0.2, 0.25) is 0 Å². The number of hydrogen-bond acceptors (Lipinski definition) is 4. The number of nitrogens with one attached hydrogen (secondary N) is 1. The molecular formula is C14H17BrN2O2. The first-order chi connectivity index (χ1) is 9.26. The summed E-state index contributed by atoms with van der Waals surface area (Å²) < 4.78 is 11.5. The molecule has 0 aliphatic carbocycles. The Morgan fingerprint density at radius 2 is 2.26 bits per heavy atom. The Labute approximate surface area is 121 Å². The fourth-order valence-electron chi connectivity index (χ4n) is 1.96. The molecule has 1 atom stereocenters. The van der Waals surface area contributed by atoms with E-state index in [4.69, 9.17) is 9.15 Å². The van der Waals surface area contributed by atoms with Gasteiger partial charge in [0.15, 0.2) is 4.67 Å². The number of ether oxygens (including phenoxy) is 1. The van der Waals surface area contributed by atoms with E-state index in [2.05, 4.69) is 33.2 Å². The van der Waals surface area contributed by atoms with Crippen LogP contribution in [0.15, 0.2) is 39.9 Å². The maximum absolute atomic E-state index is 5.50. The summed E-state index contributed by atoms with van der Waals surface area (Å²) in [6.45, 7) is 5.51. The van der Waals surface area contributed by atoms with Gasteiger partial charge in [-0.15, -0.1) is 0 Å². The lowest BCUT2D eigenvalue weighted by Crippen LogP contribution is -2.22. The van der Waals surface area contributed by atoms with Crippen molar-refractivity contribution in [2.75, 3.05) is 13.2 Å². The van der Waals surface area contributed by atoms with Gasteiger partial charge in [-0.2, -0.15) is 0 Å². The van der Waals surface area contributed by atoms with E-state index >= 15 is 0 Å². The van der Waals surface area contributed by atoms with E-state index < -0.39 is 0 Å². The standard InChI is InChI=1S/C14H17BrN2O2/c1-3-17-13(12-5-6-19-14(12)15)10-7-11(18-4-2)9-16-8-10/h5-9,13,17H,3-4H2,1-2H3. The molecule has 0 bridgehead atoms. The second-order valence-corrected chi connectivity index (χ2v) is 4.75. The molecule has 2 aromatic heterocycles. The minimum atomic E-state index is 0.0334. The van der Waals surface area contributed by atoms with E-state index in [0.717, 1.165) is 28.1 Å². The van der Waals surface area contributed by atoms with Gasteiger partial charge in [-0.25, -0.2) is 0 Å². The molecule has 0 amide bonds. The molecule has 1 N–H and O–H groups in total. The highest BCUT2D eigenvalue weighted by Gasteiger charge is 2.18. The van der Waals surface area contributed by atoms with E-state index in [1.165, 1.54) is 0 Å². The van der Waals surface area contributed by atoms with Gasteiger partial charge in [-0.1, -0.05) is 6.92 Å². The van der Waals surface area contributed by atoms with Crippen molar-refractivity contribution in [3.05, 3.63) is 46.6 Å². The van der Waals surface area contributed by atoms with Crippen molar-refractivity contribution in [1.29, 1.82) is 0 Å². The summed E-state index contributed by atoms with van der Waals surface area (Å²) in [5, 5.41) is 3.43. The molecule has 5 heteroatoms. The van der Waals surface area contributed by atoms with E-state index in [9.17, 15) is 0 Å². The summed E-state index contributed by atoms with van der Waals surface area (Å²) in [7, 11) is 0. The average molecular weight is 325 g/mol. The van der Waals surface area contributed by atoms with Crippen molar-refractivity contribution >= 4 is 15.9 Å². The largest absolute Gasteiger partial charge is 0.492 e. The van der Waals surface area contributed by atoms with Crippen LogP contribution in [0.3, 0.4) is 0 Å². The van der Waals surface area contributed by atoms with Gasteiger partial charge in [-0.05, 0) is 47.1 Å². The summed E-state index contributed by atoms with van der Waals surface area (Å²) >= 11 is 3.43. The summed E-state index contributed by atoms with van der Waals surface area (Å²) in [6, 6.07) is 3.99. The molecule has 0 saturated carbocycles. The topological polar surface area (TPSA) is 47.3 Å². The molecule has 102 valence electrons. The molecule has 0 aliphatic rings. The van der Waals surface area contributed by atoms with E-state index in [1.807, 2.05) is 25.3 Å². The van der Waals surface area contributed by atoms with Crippen molar-refractivity contribution in [3.8, 4) is 5.75 Å². The fourth-order valence-corrected chi connectivity index (χ4v) is 2.43. The van der Waals surface area contributed by atoms with Crippen LogP contribution in [0.25, 0.3) is 0 Å². The van der Waals surface area contributed by atoms with Crippen LogP contribution >= 0.6 is 15.9 Å². The maximum Gasteiger partial charge on any atom is 0.174 e. The summed E-state index contributed by atoms with van der Waals surface area (Å²) in [4.78, 5) is 4.24. The number of halogens is 1. The van der Waals surface area contributed by atoms with Gasteiger partial charge in [0.25, 0.3) is 0 Å². The predicted octanol–water partition coefficient (Wildman–Crippen LogP) is 3.53. The Bertz CT molecular complexity index is 528. The van der Waals surface area contributed by atoms with Crippen LogP contribution in [0.5, 0.6) is 5.75 Å². The smallest absolute Gasteiger partial charge is 0.174 e. The Morgan fingerprint density at radius 1 is 1.42 bits per heavy atom. The molecule has 0 aromatic carbocycles.